The topological polar surface area (TPSA) is 108 Å². The first-order valence-corrected chi connectivity index (χ1v) is 12.5. The first kappa shape index (κ1) is 23.6. The second-order valence-corrected chi connectivity index (χ2v) is 9.94. The summed E-state index contributed by atoms with van der Waals surface area (Å²) in [5, 5.41) is 5.70. The molecule has 1 aromatic heterocycles. The maximum Gasteiger partial charge on any atom is 0.255 e. The van der Waals surface area contributed by atoms with Crippen LogP contribution in [0.2, 0.25) is 0 Å². The van der Waals surface area contributed by atoms with Crippen LogP contribution in [-0.4, -0.2) is 42.1 Å². The number of hydrogen-bond acceptors (Lipinski definition) is 5. The summed E-state index contributed by atoms with van der Waals surface area (Å²) in [7, 11) is -3.77. The van der Waals surface area contributed by atoms with Crippen molar-refractivity contribution in [3.8, 4) is 0 Å². The number of rotatable bonds is 7. The molecule has 0 spiro atoms. The molecule has 0 saturated carbocycles. The van der Waals surface area contributed by atoms with Crippen LogP contribution in [0.1, 0.15) is 35.2 Å². The third-order valence-electron chi connectivity index (χ3n) is 5.70. The van der Waals surface area contributed by atoms with Crippen molar-refractivity contribution in [1.82, 2.24) is 14.6 Å². The first-order chi connectivity index (χ1) is 16.4. The zero-order valence-electron chi connectivity index (χ0n) is 18.6. The van der Waals surface area contributed by atoms with E-state index in [9.17, 15) is 18.0 Å². The molecule has 2 amide bonds. The van der Waals surface area contributed by atoms with Crippen molar-refractivity contribution in [2.45, 2.75) is 36.7 Å². The average Bonchev–Trinajstić information content (AvgIpc) is 2.88. The van der Waals surface area contributed by atoms with Crippen molar-refractivity contribution in [3.05, 3.63) is 90.3 Å². The van der Waals surface area contributed by atoms with Crippen LogP contribution in [0.25, 0.3) is 0 Å². The van der Waals surface area contributed by atoms with Crippen LogP contribution in [-0.2, 0) is 21.4 Å². The second-order valence-electron chi connectivity index (χ2n) is 8.05. The molecule has 2 aromatic carbocycles. The molecule has 0 radical (unpaired) electrons. The molecule has 9 heteroatoms. The molecule has 1 unspecified atom stereocenters. The van der Waals surface area contributed by atoms with Crippen molar-refractivity contribution < 1.29 is 18.0 Å². The predicted octanol–water partition coefficient (Wildman–Crippen LogP) is 3.19. The fourth-order valence-electron chi connectivity index (χ4n) is 3.96. The Morgan fingerprint density at radius 1 is 0.971 bits per heavy atom. The molecule has 3 aromatic rings. The van der Waals surface area contributed by atoms with Gasteiger partial charge in [0.05, 0.1) is 4.90 Å². The molecular weight excluding hydrogens is 452 g/mol. The SMILES string of the molecule is O=C(Nc1cccc(CNC(=O)C2CCCCN2S(=O)(=O)c2ccccc2)c1)c1ccncc1. The van der Waals surface area contributed by atoms with Crippen molar-refractivity contribution >= 4 is 27.5 Å². The summed E-state index contributed by atoms with van der Waals surface area (Å²) in [5.74, 6) is -0.585. The number of sulfonamides is 1. The lowest BCUT2D eigenvalue weighted by Crippen LogP contribution is -2.51. The number of benzene rings is 2. The summed E-state index contributed by atoms with van der Waals surface area (Å²) in [6, 6.07) is 17.9. The molecule has 176 valence electrons. The Balaban J connectivity index is 1.41. The van der Waals surface area contributed by atoms with Crippen LogP contribution in [0.15, 0.2) is 84.0 Å². The molecule has 4 rings (SSSR count). The number of amides is 2. The maximum atomic E-state index is 13.1. The van der Waals surface area contributed by atoms with Gasteiger partial charge in [0.1, 0.15) is 6.04 Å². The lowest BCUT2D eigenvalue weighted by molar-refractivity contribution is -0.125. The minimum Gasteiger partial charge on any atom is -0.351 e. The smallest absolute Gasteiger partial charge is 0.255 e. The zero-order chi connectivity index (χ0) is 24.0. The summed E-state index contributed by atoms with van der Waals surface area (Å²) in [6.45, 7) is 0.527. The van der Waals surface area contributed by atoms with Gasteiger partial charge in [0.15, 0.2) is 0 Å². The molecule has 0 bridgehead atoms. The van der Waals surface area contributed by atoms with Crippen molar-refractivity contribution in [1.29, 1.82) is 0 Å². The van der Waals surface area contributed by atoms with Gasteiger partial charge in [-0.1, -0.05) is 36.8 Å². The fourth-order valence-corrected chi connectivity index (χ4v) is 5.63. The van der Waals surface area contributed by atoms with E-state index in [1.807, 2.05) is 6.07 Å². The van der Waals surface area contributed by atoms with Crippen LogP contribution >= 0.6 is 0 Å². The third-order valence-corrected chi connectivity index (χ3v) is 7.62. The number of hydrogen-bond donors (Lipinski definition) is 2. The summed E-state index contributed by atoms with van der Waals surface area (Å²) in [5.41, 5.74) is 1.87. The van der Waals surface area contributed by atoms with Crippen LogP contribution in [0.5, 0.6) is 0 Å². The zero-order valence-corrected chi connectivity index (χ0v) is 19.4. The minimum atomic E-state index is -3.77. The number of nitrogens with one attached hydrogen (secondary N) is 2. The highest BCUT2D eigenvalue weighted by Crippen LogP contribution is 2.25. The molecule has 1 aliphatic heterocycles. The molecule has 0 aliphatic carbocycles. The number of piperidine rings is 1. The Labute approximate surface area is 199 Å². The van der Waals surface area contributed by atoms with Gasteiger partial charge >= 0.3 is 0 Å². The van der Waals surface area contributed by atoms with E-state index in [1.54, 1.807) is 73.1 Å². The van der Waals surface area contributed by atoms with Crippen LogP contribution in [0, 0.1) is 0 Å². The Morgan fingerprint density at radius 3 is 2.50 bits per heavy atom. The average molecular weight is 479 g/mol. The summed E-state index contributed by atoms with van der Waals surface area (Å²) in [4.78, 5) is 29.5. The van der Waals surface area contributed by atoms with E-state index in [4.69, 9.17) is 0 Å². The van der Waals surface area contributed by atoms with Gasteiger partial charge in [-0.2, -0.15) is 4.31 Å². The predicted molar refractivity (Wildman–Crippen MR) is 128 cm³/mol. The van der Waals surface area contributed by atoms with E-state index >= 15 is 0 Å². The normalized spacial score (nSPS) is 16.5. The molecule has 2 heterocycles. The van der Waals surface area contributed by atoms with E-state index in [0.717, 1.165) is 18.4 Å². The monoisotopic (exact) mass is 478 g/mol. The van der Waals surface area contributed by atoms with E-state index < -0.39 is 16.1 Å². The van der Waals surface area contributed by atoms with Crippen molar-refractivity contribution in [2.75, 3.05) is 11.9 Å². The molecule has 1 atom stereocenters. The molecule has 1 saturated heterocycles. The van der Waals surface area contributed by atoms with E-state index in [1.165, 1.54) is 4.31 Å². The van der Waals surface area contributed by atoms with Gasteiger partial charge in [0.25, 0.3) is 5.91 Å². The quantitative estimate of drug-likeness (QED) is 0.542. The maximum absolute atomic E-state index is 13.1. The van der Waals surface area contributed by atoms with Gasteiger partial charge in [-0.15, -0.1) is 0 Å². The van der Waals surface area contributed by atoms with E-state index in [2.05, 4.69) is 15.6 Å². The Kier molecular flexibility index (Phi) is 7.34. The van der Waals surface area contributed by atoms with Gasteiger partial charge in [-0.05, 0) is 54.8 Å². The lowest BCUT2D eigenvalue weighted by atomic mass is 10.0. The molecule has 34 heavy (non-hydrogen) atoms. The van der Waals surface area contributed by atoms with Crippen LogP contribution < -0.4 is 10.6 Å². The summed E-state index contributed by atoms with van der Waals surface area (Å²) in [6.07, 6.45) is 5.07. The second kappa shape index (κ2) is 10.6. The van der Waals surface area contributed by atoms with Gasteiger partial charge < -0.3 is 10.6 Å². The Hall–Kier alpha value is -3.56. The first-order valence-electron chi connectivity index (χ1n) is 11.1. The summed E-state index contributed by atoms with van der Waals surface area (Å²) >= 11 is 0. The number of carbonyl (C=O) groups is 2. The summed E-state index contributed by atoms with van der Waals surface area (Å²) < 4.78 is 27.6. The highest BCUT2D eigenvalue weighted by Gasteiger charge is 2.37. The van der Waals surface area contributed by atoms with Gasteiger partial charge in [-0.3, -0.25) is 14.6 Å². The third kappa shape index (κ3) is 5.49. The number of carbonyl (C=O) groups excluding carboxylic acids is 2. The molecule has 1 aliphatic rings. The van der Waals surface area contributed by atoms with Crippen molar-refractivity contribution in [2.24, 2.45) is 0 Å². The number of nitrogens with zero attached hydrogens (tertiary/aromatic N) is 2. The Bertz CT molecular complexity index is 1250. The van der Waals surface area contributed by atoms with Crippen molar-refractivity contribution in [3.63, 3.8) is 0 Å². The highest BCUT2D eigenvalue weighted by atomic mass is 32.2. The minimum absolute atomic E-state index is 0.187. The van der Waals surface area contributed by atoms with E-state index in [-0.39, 0.29) is 23.3 Å². The number of anilines is 1. The highest BCUT2D eigenvalue weighted by molar-refractivity contribution is 7.89. The van der Waals surface area contributed by atoms with Gasteiger partial charge in [0.2, 0.25) is 15.9 Å². The lowest BCUT2D eigenvalue weighted by Gasteiger charge is -2.33. The number of aromatic nitrogens is 1. The molecule has 1 fully saturated rings. The molecule has 2 N–H and O–H groups in total. The van der Waals surface area contributed by atoms with Gasteiger partial charge in [0, 0.05) is 36.7 Å². The standard InChI is InChI=1S/C25H26N4O4S/c30-24(20-12-14-26-15-13-20)28-21-8-6-7-19(17-21)18-27-25(31)23-11-4-5-16-29(23)34(32,33)22-9-2-1-3-10-22/h1-3,6-10,12-15,17,23H,4-5,11,16,18H2,(H,27,31)(H,28,30). The Morgan fingerprint density at radius 2 is 1.74 bits per heavy atom. The van der Waals surface area contributed by atoms with Crippen LogP contribution in [0.3, 0.4) is 0 Å². The van der Waals surface area contributed by atoms with Gasteiger partial charge in [-0.25, -0.2) is 8.42 Å². The van der Waals surface area contributed by atoms with Crippen LogP contribution in [0.4, 0.5) is 5.69 Å². The molecular formula is C25H26N4O4S. The fraction of sp³-hybridized carbons (Fsp3) is 0.240. The number of pyridine rings is 1. The largest absolute Gasteiger partial charge is 0.351 e. The molecule has 8 nitrogen and oxygen atoms in total. The van der Waals surface area contributed by atoms with E-state index in [0.29, 0.717) is 24.2 Å².